The van der Waals surface area contributed by atoms with E-state index < -0.39 is 11.4 Å². The lowest BCUT2D eigenvalue weighted by atomic mass is 10.2. The number of hydrogen-bond donors (Lipinski definition) is 3. The maximum atomic E-state index is 11.4. The van der Waals surface area contributed by atoms with Gasteiger partial charge in [0.2, 0.25) is 0 Å². The minimum absolute atomic E-state index is 0.301. The largest absolute Gasteiger partial charge is 0.495 e. The molecule has 0 aliphatic carbocycles. The van der Waals surface area contributed by atoms with Crippen LogP contribution in [0.15, 0.2) is 27.8 Å². The number of rotatable bonds is 2. The molecule has 4 N–H and O–H groups in total. The van der Waals surface area contributed by atoms with Crippen molar-refractivity contribution in [1.82, 2.24) is 14.8 Å². The fourth-order valence-electron chi connectivity index (χ4n) is 1.41. The van der Waals surface area contributed by atoms with Crippen LogP contribution < -0.4 is 21.9 Å². The van der Waals surface area contributed by atoms with Crippen LogP contribution in [0, 0.1) is 0 Å². The van der Waals surface area contributed by atoms with Crippen molar-refractivity contribution in [2.45, 2.75) is 0 Å². The molecule has 0 bridgehead atoms. The van der Waals surface area contributed by atoms with Crippen molar-refractivity contribution in [2.75, 3.05) is 12.8 Å². The second-order valence-electron chi connectivity index (χ2n) is 3.13. The van der Waals surface area contributed by atoms with Crippen molar-refractivity contribution in [2.24, 2.45) is 0 Å². The maximum absolute atomic E-state index is 11.4. The first kappa shape index (κ1) is 10.1. The summed E-state index contributed by atoms with van der Waals surface area (Å²) in [6.45, 7) is 0. The van der Waals surface area contributed by atoms with Gasteiger partial charge in [-0.3, -0.25) is 0 Å². The van der Waals surface area contributed by atoms with Crippen LogP contribution in [0.1, 0.15) is 0 Å². The zero-order valence-electron chi connectivity index (χ0n) is 8.48. The third-order valence-electron chi connectivity index (χ3n) is 2.13. The molecule has 7 nitrogen and oxygen atoms in total. The molecule has 0 unspecified atom stereocenters. The van der Waals surface area contributed by atoms with Gasteiger partial charge in [0.1, 0.15) is 5.75 Å². The zero-order chi connectivity index (χ0) is 11.7. The summed E-state index contributed by atoms with van der Waals surface area (Å²) in [6, 6.07) is 4.70. The highest BCUT2D eigenvalue weighted by Crippen LogP contribution is 2.22. The van der Waals surface area contributed by atoms with Gasteiger partial charge in [-0.25, -0.2) is 24.4 Å². The average molecular weight is 222 g/mol. The number of benzene rings is 1. The summed E-state index contributed by atoms with van der Waals surface area (Å²) in [4.78, 5) is 22.8. The molecule has 0 spiro atoms. The summed E-state index contributed by atoms with van der Waals surface area (Å²) in [7, 11) is 1.45. The Morgan fingerprint density at radius 2 is 1.88 bits per heavy atom. The Bertz CT molecular complexity index is 595. The Balaban J connectivity index is 2.77. The Hall–Kier alpha value is -2.44. The van der Waals surface area contributed by atoms with Crippen molar-refractivity contribution >= 4 is 5.69 Å². The summed E-state index contributed by atoms with van der Waals surface area (Å²) in [6.07, 6.45) is 0. The van der Waals surface area contributed by atoms with Crippen LogP contribution in [-0.4, -0.2) is 21.9 Å². The van der Waals surface area contributed by atoms with Crippen LogP contribution in [-0.2, 0) is 0 Å². The number of aromatic amines is 2. The molecule has 0 saturated carbocycles. The average Bonchev–Trinajstić information content (AvgIpc) is 2.58. The second-order valence-corrected chi connectivity index (χ2v) is 3.13. The smallest absolute Gasteiger partial charge is 0.349 e. The standard InChI is InChI=1S/C9H10N4O3/c1-16-7-3-2-5(10)4-6(7)13-8(14)11-12-9(13)15/h2-4H,10H2,1H3,(H,11,14)(H,12,15). The SMILES string of the molecule is COc1ccc(N)cc1-n1c(=O)[nH][nH]c1=O. The first-order valence-electron chi connectivity index (χ1n) is 4.47. The van der Waals surface area contributed by atoms with E-state index >= 15 is 0 Å². The Morgan fingerprint density at radius 3 is 2.44 bits per heavy atom. The molecule has 84 valence electrons. The van der Waals surface area contributed by atoms with E-state index in [1.165, 1.54) is 13.2 Å². The van der Waals surface area contributed by atoms with Gasteiger partial charge in [0.25, 0.3) is 0 Å². The molecule has 2 aromatic rings. The van der Waals surface area contributed by atoms with Crippen LogP contribution in [0.3, 0.4) is 0 Å². The molecule has 0 atom stereocenters. The number of hydrogen-bond acceptors (Lipinski definition) is 4. The molecule has 0 aliphatic rings. The Labute approximate surface area is 89.5 Å². The van der Waals surface area contributed by atoms with Crippen LogP contribution in [0.5, 0.6) is 5.75 Å². The quantitative estimate of drug-likeness (QED) is 0.592. The fourth-order valence-corrected chi connectivity index (χ4v) is 1.41. The molecule has 0 aliphatic heterocycles. The summed E-state index contributed by atoms with van der Waals surface area (Å²) >= 11 is 0. The first-order chi connectivity index (χ1) is 7.63. The molecule has 2 rings (SSSR count). The van der Waals surface area contributed by atoms with E-state index in [1.54, 1.807) is 12.1 Å². The number of nitrogens with zero attached hydrogens (tertiary/aromatic N) is 1. The predicted molar refractivity (Wildman–Crippen MR) is 58.0 cm³/mol. The van der Waals surface area contributed by atoms with E-state index in [0.717, 1.165) is 4.57 Å². The van der Waals surface area contributed by atoms with Gasteiger partial charge in [-0.1, -0.05) is 0 Å². The summed E-state index contributed by atoms with van der Waals surface area (Å²) in [5, 5.41) is 4.36. The van der Waals surface area contributed by atoms with Crippen LogP contribution in [0.4, 0.5) is 5.69 Å². The molecule has 0 fully saturated rings. The fraction of sp³-hybridized carbons (Fsp3) is 0.111. The number of nitrogens with one attached hydrogen (secondary N) is 2. The van der Waals surface area contributed by atoms with Gasteiger partial charge in [-0.15, -0.1) is 0 Å². The molecule has 0 saturated heterocycles. The van der Waals surface area contributed by atoms with Gasteiger partial charge in [0.05, 0.1) is 12.8 Å². The van der Waals surface area contributed by atoms with Crippen LogP contribution >= 0.6 is 0 Å². The number of nitrogens with two attached hydrogens (primary N) is 1. The minimum Gasteiger partial charge on any atom is -0.495 e. The van der Waals surface area contributed by atoms with Gasteiger partial charge >= 0.3 is 11.4 Å². The second kappa shape index (κ2) is 3.61. The van der Waals surface area contributed by atoms with Gasteiger partial charge < -0.3 is 10.5 Å². The first-order valence-corrected chi connectivity index (χ1v) is 4.47. The number of ether oxygens (including phenoxy) is 1. The normalized spacial score (nSPS) is 10.3. The zero-order valence-corrected chi connectivity index (χ0v) is 8.48. The number of methoxy groups -OCH3 is 1. The van der Waals surface area contributed by atoms with E-state index in [4.69, 9.17) is 10.5 Å². The van der Waals surface area contributed by atoms with Crippen LogP contribution in [0.25, 0.3) is 5.69 Å². The molecule has 0 amide bonds. The Kier molecular flexibility index (Phi) is 2.28. The van der Waals surface area contributed by atoms with Crippen molar-refractivity contribution in [3.05, 3.63) is 39.2 Å². The lowest BCUT2D eigenvalue weighted by Crippen LogP contribution is -2.25. The van der Waals surface area contributed by atoms with E-state index in [0.29, 0.717) is 17.1 Å². The highest BCUT2D eigenvalue weighted by atomic mass is 16.5. The van der Waals surface area contributed by atoms with E-state index in [9.17, 15) is 9.59 Å². The summed E-state index contributed by atoms with van der Waals surface area (Å²) in [5.41, 5.74) is 5.18. The van der Waals surface area contributed by atoms with E-state index in [-0.39, 0.29) is 0 Å². The summed E-state index contributed by atoms with van der Waals surface area (Å²) in [5.74, 6) is 0.390. The van der Waals surface area contributed by atoms with Crippen LogP contribution in [0.2, 0.25) is 0 Å². The molecule has 1 aromatic carbocycles. The number of aromatic nitrogens is 3. The highest BCUT2D eigenvalue weighted by Gasteiger charge is 2.11. The number of H-pyrrole nitrogens is 2. The Morgan fingerprint density at radius 1 is 1.25 bits per heavy atom. The van der Waals surface area contributed by atoms with Crippen molar-refractivity contribution in [3.63, 3.8) is 0 Å². The maximum Gasteiger partial charge on any atom is 0.349 e. The molecule has 0 radical (unpaired) electrons. The monoisotopic (exact) mass is 222 g/mol. The van der Waals surface area contributed by atoms with E-state index in [2.05, 4.69) is 10.2 Å². The van der Waals surface area contributed by atoms with Gasteiger partial charge in [0, 0.05) is 5.69 Å². The topological polar surface area (TPSA) is 106 Å². The molecule has 16 heavy (non-hydrogen) atoms. The number of nitrogen functional groups attached to an aromatic ring is 1. The van der Waals surface area contributed by atoms with Crippen molar-refractivity contribution < 1.29 is 4.74 Å². The van der Waals surface area contributed by atoms with Gasteiger partial charge in [-0.2, -0.15) is 0 Å². The molecule has 1 aromatic heterocycles. The summed E-state index contributed by atoms with van der Waals surface area (Å²) < 4.78 is 5.96. The minimum atomic E-state index is -0.575. The van der Waals surface area contributed by atoms with E-state index in [1.807, 2.05) is 0 Å². The van der Waals surface area contributed by atoms with Gasteiger partial charge in [0.15, 0.2) is 0 Å². The number of anilines is 1. The van der Waals surface area contributed by atoms with Crippen molar-refractivity contribution in [1.29, 1.82) is 0 Å². The predicted octanol–water partition coefficient (Wildman–Crippen LogP) is -0.555. The highest BCUT2D eigenvalue weighted by molar-refractivity contribution is 5.56. The lowest BCUT2D eigenvalue weighted by Gasteiger charge is -2.07. The third kappa shape index (κ3) is 1.48. The molecular weight excluding hydrogens is 212 g/mol. The molecule has 1 heterocycles. The van der Waals surface area contributed by atoms with Gasteiger partial charge in [-0.05, 0) is 18.2 Å². The molecular formula is C9H10N4O3. The lowest BCUT2D eigenvalue weighted by molar-refractivity contribution is 0.412. The third-order valence-corrected chi connectivity index (χ3v) is 2.13. The molecule has 7 heteroatoms. The van der Waals surface area contributed by atoms with Crippen molar-refractivity contribution in [3.8, 4) is 11.4 Å².